The van der Waals surface area contributed by atoms with Gasteiger partial charge in [-0.1, -0.05) is 15.9 Å². The van der Waals surface area contributed by atoms with Crippen molar-refractivity contribution in [1.82, 2.24) is 4.90 Å². The number of aliphatic imine (C=N–C) groups is 1. The van der Waals surface area contributed by atoms with Crippen LogP contribution in [0.5, 0.6) is 0 Å². The maximum Gasteiger partial charge on any atom is 0.340 e. The standard InChI is InChI=1S/C15H21BrN2O2/c1-10-7-11(16)8-12(13(10)17-9-18(5)6)14(19)20-15(2,3)4/h7-9H,1-6H3/b17-9+. The molecule has 0 aliphatic carbocycles. The Morgan fingerprint density at radius 1 is 1.35 bits per heavy atom. The maximum atomic E-state index is 12.3. The van der Waals surface area contributed by atoms with Crippen LogP contribution in [0.4, 0.5) is 5.69 Å². The highest BCUT2D eigenvalue weighted by Crippen LogP contribution is 2.29. The zero-order valence-corrected chi connectivity index (χ0v) is 14.4. The third kappa shape index (κ3) is 4.96. The fourth-order valence-electron chi connectivity index (χ4n) is 1.57. The van der Waals surface area contributed by atoms with E-state index in [2.05, 4.69) is 20.9 Å². The Morgan fingerprint density at radius 2 is 1.95 bits per heavy atom. The summed E-state index contributed by atoms with van der Waals surface area (Å²) in [7, 11) is 3.76. The van der Waals surface area contributed by atoms with Gasteiger partial charge >= 0.3 is 5.97 Å². The molecule has 0 saturated heterocycles. The van der Waals surface area contributed by atoms with E-state index in [1.165, 1.54) is 0 Å². The number of carbonyl (C=O) groups excluding carboxylic acids is 1. The molecule has 0 saturated carbocycles. The molecule has 0 aliphatic rings. The number of hydrogen-bond acceptors (Lipinski definition) is 3. The Labute approximate surface area is 129 Å². The van der Waals surface area contributed by atoms with E-state index in [4.69, 9.17) is 4.74 Å². The quantitative estimate of drug-likeness (QED) is 0.475. The van der Waals surface area contributed by atoms with Gasteiger partial charge in [0.1, 0.15) is 5.60 Å². The molecule has 1 rings (SSSR count). The van der Waals surface area contributed by atoms with Crippen molar-refractivity contribution < 1.29 is 9.53 Å². The van der Waals surface area contributed by atoms with Crippen molar-refractivity contribution in [2.45, 2.75) is 33.3 Å². The molecule has 0 radical (unpaired) electrons. The first-order chi connectivity index (χ1) is 9.10. The SMILES string of the molecule is Cc1cc(Br)cc(C(=O)OC(C)(C)C)c1/N=C/N(C)C. The lowest BCUT2D eigenvalue weighted by molar-refractivity contribution is 0.00704. The highest BCUT2D eigenvalue weighted by Gasteiger charge is 2.21. The highest BCUT2D eigenvalue weighted by atomic mass is 79.9. The van der Waals surface area contributed by atoms with Gasteiger partial charge in [0.15, 0.2) is 0 Å². The topological polar surface area (TPSA) is 41.9 Å². The normalized spacial score (nSPS) is 11.8. The first-order valence-corrected chi connectivity index (χ1v) is 7.13. The second kappa shape index (κ2) is 6.39. The van der Waals surface area contributed by atoms with Crippen molar-refractivity contribution in [3.8, 4) is 0 Å². The van der Waals surface area contributed by atoms with E-state index in [1.807, 2.05) is 52.8 Å². The van der Waals surface area contributed by atoms with Crippen molar-refractivity contribution in [2.24, 2.45) is 4.99 Å². The van der Waals surface area contributed by atoms with Crippen LogP contribution in [0.15, 0.2) is 21.6 Å². The summed E-state index contributed by atoms with van der Waals surface area (Å²) < 4.78 is 6.27. The van der Waals surface area contributed by atoms with Crippen LogP contribution in [0.25, 0.3) is 0 Å². The number of halogens is 1. The number of aryl methyl sites for hydroxylation is 1. The zero-order valence-electron chi connectivity index (χ0n) is 12.8. The zero-order chi connectivity index (χ0) is 15.5. The van der Waals surface area contributed by atoms with Gasteiger partial charge in [-0.25, -0.2) is 9.79 Å². The summed E-state index contributed by atoms with van der Waals surface area (Å²) in [4.78, 5) is 18.5. The van der Waals surface area contributed by atoms with Crippen LogP contribution >= 0.6 is 15.9 Å². The van der Waals surface area contributed by atoms with Gasteiger partial charge in [-0.15, -0.1) is 0 Å². The van der Waals surface area contributed by atoms with Gasteiger partial charge in [-0.05, 0) is 45.4 Å². The number of ether oxygens (including phenoxy) is 1. The lowest BCUT2D eigenvalue weighted by Gasteiger charge is -2.20. The second-order valence-corrected chi connectivity index (χ2v) is 6.74. The van der Waals surface area contributed by atoms with Crippen LogP contribution in [0.3, 0.4) is 0 Å². The van der Waals surface area contributed by atoms with E-state index >= 15 is 0 Å². The highest BCUT2D eigenvalue weighted by molar-refractivity contribution is 9.10. The summed E-state index contributed by atoms with van der Waals surface area (Å²) in [6, 6.07) is 3.67. The predicted octanol–water partition coefficient (Wildman–Crippen LogP) is 3.93. The van der Waals surface area contributed by atoms with Crippen molar-refractivity contribution in [3.05, 3.63) is 27.7 Å². The number of hydrogen-bond donors (Lipinski definition) is 0. The summed E-state index contributed by atoms with van der Waals surface area (Å²) in [5.41, 5.74) is 1.48. The molecular formula is C15H21BrN2O2. The van der Waals surface area contributed by atoms with Crippen LogP contribution in [0, 0.1) is 6.92 Å². The van der Waals surface area contributed by atoms with Crippen LogP contribution < -0.4 is 0 Å². The molecule has 5 heteroatoms. The van der Waals surface area contributed by atoms with Crippen molar-refractivity contribution in [3.63, 3.8) is 0 Å². The minimum Gasteiger partial charge on any atom is -0.456 e. The molecule has 0 heterocycles. The van der Waals surface area contributed by atoms with Gasteiger partial charge in [0.05, 0.1) is 17.6 Å². The minimum absolute atomic E-state index is 0.368. The number of carbonyl (C=O) groups is 1. The molecule has 0 amide bonds. The van der Waals surface area contributed by atoms with Crippen LogP contribution in [-0.2, 0) is 4.74 Å². The van der Waals surface area contributed by atoms with E-state index in [-0.39, 0.29) is 5.97 Å². The monoisotopic (exact) mass is 340 g/mol. The van der Waals surface area contributed by atoms with Crippen molar-refractivity contribution >= 4 is 33.9 Å². The molecule has 20 heavy (non-hydrogen) atoms. The first-order valence-electron chi connectivity index (χ1n) is 6.34. The van der Waals surface area contributed by atoms with Gasteiger partial charge in [-0.2, -0.15) is 0 Å². The first kappa shape index (κ1) is 16.7. The summed E-state index contributed by atoms with van der Waals surface area (Å²) in [5, 5.41) is 0. The molecule has 0 spiro atoms. The smallest absolute Gasteiger partial charge is 0.340 e. The Bertz CT molecular complexity index is 531. The van der Waals surface area contributed by atoms with E-state index in [9.17, 15) is 4.79 Å². The average Bonchev–Trinajstić information content (AvgIpc) is 2.24. The molecule has 0 bridgehead atoms. The van der Waals surface area contributed by atoms with E-state index in [0.29, 0.717) is 11.3 Å². The summed E-state index contributed by atoms with van der Waals surface area (Å²) in [6.45, 7) is 7.45. The summed E-state index contributed by atoms with van der Waals surface area (Å²) >= 11 is 3.41. The number of nitrogens with zero attached hydrogens (tertiary/aromatic N) is 2. The maximum absolute atomic E-state index is 12.3. The van der Waals surface area contributed by atoms with Gasteiger partial charge < -0.3 is 9.64 Å². The fraction of sp³-hybridized carbons (Fsp3) is 0.467. The molecule has 0 N–H and O–H groups in total. The average molecular weight is 341 g/mol. The van der Waals surface area contributed by atoms with Gasteiger partial charge in [0, 0.05) is 18.6 Å². The van der Waals surface area contributed by atoms with E-state index in [1.54, 1.807) is 12.4 Å². The van der Waals surface area contributed by atoms with Gasteiger partial charge in [-0.3, -0.25) is 0 Å². The lowest BCUT2D eigenvalue weighted by atomic mass is 10.1. The second-order valence-electron chi connectivity index (χ2n) is 5.83. The molecule has 0 fully saturated rings. The molecule has 1 aromatic rings. The molecule has 0 unspecified atom stereocenters. The molecule has 1 aromatic carbocycles. The Morgan fingerprint density at radius 3 is 2.45 bits per heavy atom. The van der Waals surface area contributed by atoms with Crippen LogP contribution in [-0.4, -0.2) is 36.9 Å². The number of benzene rings is 1. The molecule has 0 aromatic heterocycles. The fourth-order valence-corrected chi connectivity index (χ4v) is 2.14. The summed E-state index contributed by atoms with van der Waals surface area (Å²) in [5.74, 6) is -0.368. The molecule has 110 valence electrons. The number of esters is 1. The Hall–Kier alpha value is -1.36. The Kier molecular flexibility index (Phi) is 5.34. The molecule has 4 nitrogen and oxygen atoms in total. The third-order valence-electron chi connectivity index (χ3n) is 2.30. The Balaban J connectivity index is 3.26. The summed E-state index contributed by atoms with van der Waals surface area (Å²) in [6.07, 6.45) is 1.67. The largest absolute Gasteiger partial charge is 0.456 e. The molecule has 0 atom stereocenters. The van der Waals surface area contributed by atoms with Crippen molar-refractivity contribution in [2.75, 3.05) is 14.1 Å². The predicted molar refractivity (Wildman–Crippen MR) is 85.9 cm³/mol. The number of rotatable bonds is 3. The minimum atomic E-state index is -0.532. The lowest BCUT2D eigenvalue weighted by Crippen LogP contribution is -2.24. The van der Waals surface area contributed by atoms with Crippen molar-refractivity contribution in [1.29, 1.82) is 0 Å². The van der Waals surface area contributed by atoms with Gasteiger partial charge in [0.25, 0.3) is 0 Å². The molecular weight excluding hydrogens is 320 g/mol. The third-order valence-corrected chi connectivity index (χ3v) is 2.76. The van der Waals surface area contributed by atoms with Crippen LogP contribution in [0.1, 0.15) is 36.7 Å². The van der Waals surface area contributed by atoms with E-state index < -0.39 is 5.60 Å². The molecule has 0 aliphatic heterocycles. The van der Waals surface area contributed by atoms with Gasteiger partial charge in [0.2, 0.25) is 0 Å². The van der Waals surface area contributed by atoms with Crippen LogP contribution in [0.2, 0.25) is 0 Å². The van der Waals surface area contributed by atoms with E-state index in [0.717, 1.165) is 10.0 Å².